The Hall–Kier alpha value is -2.40. The van der Waals surface area contributed by atoms with Crippen LogP contribution in [0.3, 0.4) is 0 Å². The molecule has 0 unspecified atom stereocenters. The van der Waals surface area contributed by atoms with Crippen molar-refractivity contribution in [1.29, 1.82) is 0 Å². The lowest BCUT2D eigenvalue weighted by Gasteiger charge is -2.16. The van der Waals surface area contributed by atoms with Crippen molar-refractivity contribution in [3.05, 3.63) is 59.4 Å². The van der Waals surface area contributed by atoms with Crippen LogP contribution in [0.25, 0.3) is 0 Å². The molecule has 5 nitrogen and oxygen atoms in total. The van der Waals surface area contributed by atoms with Gasteiger partial charge in [-0.15, -0.1) is 0 Å². The number of aromatic amines is 1. The van der Waals surface area contributed by atoms with Crippen molar-refractivity contribution in [3.8, 4) is 0 Å². The average molecular weight is 286 g/mol. The molecule has 0 aliphatic heterocycles. The summed E-state index contributed by atoms with van der Waals surface area (Å²) in [6.07, 6.45) is 1.92. The predicted octanol–water partition coefficient (Wildman–Crippen LogP) is 2.07. The third-order valence-electron chi connectivity index (χ3n) is 3.26. The molecule has 110 valence electrons. The quantitative estimate of drug-likeness (QED) is 0.711. The average Bonchev–Trinajstić information content (AvgIpc) is 3.02. The van der Waals surface area contributed by atoms with Crippen LogP contribution in [-0.4, -0.2) is 28.4 Å². The van der Waals surface area contributed by atoms with Gasteiger partial charge in [0.05, 0.1) is 12.6 Å². The van der Waals surface area contributed by atoms with Gasteiger partial charge in [0.1, 0.15) is 5.69 Å². The first kappa shape index (κ1) is 15.0. The SMILES string of the molecule is CCC(=O)c1c[nH]c(C(=O)N[C@H](CO)c2ccccc2)c1. The van der Waals surface area contributed by atoms with Crippen LogP contribution in [0.15, 0.2) is 42.6 Å². The van der Waals surface area contributed by atoms with Crippen LogP contribution in [0.1, 0.15) is 45.8 Å². The maximum absolute atomic E-state index is 12.1. The highest BCUT2D eigenvalue weighted by atomic mass is 16.3. The van der Waals surface area contributed by atoms with E-state index in [1.807, 2.05) is 30.3 Å². The Morgan fingerprint density at radius 1 is 1.29 bits per heavy atom. The molecule has 1 aromatic carbocycles. The molecule has 0 fully saturated rings. The van der Waals surface area contributed by atoms with Gasteiger partial charge in [0, 0.05) is 18.2 Å². The van der Waals surface area contributed by atoms with E-state index in [0.29, 0.717) is 17.7 Å². The summed E-state index contributed by atoms with van der Waals surface area (Å²) >= 11 is 0. The highest BCUT2D eigenvalue weighted by Gasteiger charge is 2.17. The van der Waals surface area contributed by atoms with Crippen LogP contribution < -0.4 is 5.32 Å². The molecule has 3 N–H and O–H groups in total. The van der Waals surface area contributed by atoms with Gasteiger partial charge in [-0.3, -0.25) is 9.59 Å². The van der Waals surface area contributed by atoms with Gasteiger partial charge in [0.2, 0.25) is 0 Å². The lowest BCUT2D eigenvalue weighted by molar-refractivity contribution is 0.0911. The Bertz CT molecular complexity index is 619. The Labute approximate surface area is 123 Å². The highest BCUT2D eigenvalue weighted by Crippen LogP contribution is 2.13. The Balaban J connectivity index is 2.09. The smallest absolute Gasteiger partial charge is 0.268 e. The van der Waals surface area contributed by atoms with Gasteiger partial charge in [-0.1, -0.05) is 37.3 Å². The van der Waals surface area contributed by atoms with E-state index in [2.05, 4.69) is 10.3 Å². The largest absolute Gasteiger partial charge is 0.394 e. The van der Waals surface area contributed by atoms with Crippen molar-refractivity contribution in [3.63, 3.8) is 0 Å². The van der Waals surface area contributed by atoms with Crippen molar-refractivity contribution in [1.82, 2.24) is 10.3 Å². The number of aromatic nitrogens is 1. The van der Waals surface area contributed by atoms with E-state index in [1.54, 1.807) is 6.92 Å². The summed E-state index contributed by atoms with van der Waals surface area (Å²) < 4.78 is 0. The van der Waals surface area contributed by atoms with E-state index < -0.39 is 6.04 Å². The van der Waals surface area contributed by atoms with Gasteiger partial charge >= 0.3 is 0 Å². The maximum Gasteiger partial charge on any atom is 0.268 e. The van der Waals surface area contributed by atoms with Gasteiger partial charge in [0.25, 0.3) is 5.91 Å². The van der Waals surface area contributed by atoms with Crippen LogP contribution in [0.4, 0.5) is 0 Å². The predicted molar refractivity (Wildman–Crippen MR) is 79.1 cm³/mol. The summed E-state index contributed by atoms with van der Waals surface area (Å²) in [5.74, 6) is -0.375. The summed E-state index contributed by atoms with van der Waals surface area (Å²) in [7, 11) is 0. The minimum Gasteiger partial charge on any atom is -0.394 e. The fourth-order valence-electron chi connectivity index (χ4n) is 2.05. The van der Waals surface area contributed by atoms with Crippen LogP contribution in [0.2, 0.25) is 0 Å². The van der Waals surface area contributed by atoms with E-state index in [-0.39, 0.29) is 18.3 Å². The molecule has 0 spiro atoms. The summed E-state index contributed by atoms with van der Waals surface area (Å²) in [4.78, 5) is 26.5. The summed E-state index contributed by atoms with van der Waals surface area (Å²) in [6, 6.07) is 10.3. The van der Waals surface area contributed by atoms with Gasteiger partial charge in [-0.25, -0.2) is 0 Å². The Morgan fingerprint density at radius 2 is 2.00 bits per heavy atom. The summed E-state index contributed by atoms with van der Waals surface area (Å²) in [5, 5.41) is 12.2. The second-order valence-electron chi connectivity index (χ2n) is 4.70. The number of nitrogens with one attached hydrogen (secondary N) is 2. The zero-order valence-corrected chi connectivity index (χ0v) is 11.8. The fourth-order valence-corrected chi connectivity index (χ4v) is 2.05. The number of amides is 1. The number of H-pyrrole nitrogens is 1. The molecule has 0 aliphatic carbocycles. The topological polar surface area (TPSA) is 82.2 Å². The van der Waals surface area contributed by atoms with Gasteiger partial charge in [-0.2, -0.15) is 0 Å². The first-order valence-corrected chi connectivity index (χ1v) is 6.84. The van der Waals surface area contributed by atoms with E-state index in [0.717, 1.165) is 5.56 Å². The lowest BCUT2D eigenvalue weighted by atomic mass is 10.1. The molecule has 1 aromatic heterocycles. The Kier molecular flexibility index (Phi) is 4.90. The number of rotatable bonds is 6. The van der Waals surface area contributed by atoms with Crippen LogP contribution in [0.5, 0.6) is 0 Å². The van der Waals surface area contributed by atoms with Crippen molar-refractivity contribution >= 4 is 11.7 Å². The second kappa shape index (κ2) is 6.85. The molecule has 1 atom stereocenters. The van der Waals surface area contributed by atoms with Crippen molar-refractivity contribution in [2.45, 2.75) is 19.4 Å². The third kappa shape index (κ3) is 3.58. The number of hydrogen-bond donors (Lipinski definition) is 3. The van der Waals surface area contributed by atoms with E-state index in [1.165, 1.54) is 12.3 Å². The minimum absolute atomic E-state index is 0.0212. The third-order valence-corrected chi connectivity index (χ3v) is 3.26. The standard InChI is InChI=1S/C16H18N2O3/c1-2-15(20)12-8-13(17-9-12)16(21)18-14(10-19)11-6-4-3-5-7-11/h3-9,14,17,19H,2,10H2,1H3,(H,18,21)/t14-/m1/s1. The van der Waals surface area contributed by atoms with Crippen molar-refractivity contribution in [2.75, 3.05) is 6.61 Å². The molecule has 21 heavy (non-hydrogen) atoms. The fraction of sp³-hybridized carbons (Fsp3) is 0.250. The van der Waals surface area contributed by atoms with Crippen molar-refractivity contribution < 1.29 is 14.7 Å². The number of hydrogen-bond acceptors (Lipinski definition) is 3. The lowest BCUT2D eigenvalue weighted by Crippen LogP contribution is -2.30. The Morgan fingerprint density at radius 3 is 2.62 bits per heavy atom. The zero-order chi connectivity index (χ0) is 15.2. The number of benzene rings is 1. The summed E-state index contributed by atoms with van der Waals surface area (Å²) in [6.45, 7) is 1.57. The molecule has 0 aliphatic rings. The normalized spacial score (nSPS) is 11.9. The highest BCUT2D eigenvalue weighted by molar-refractivity contribution is 6.00. The summed E-state index contributed by atoms with van der Waals surface area (Å²) in [5.41, 5.74) is 1.62. The first-order chi connectivity index (χ1) is 10.2. The number of Topliss-reactive ketones (excluding diaryl/α,β-unsaturated/α-hetero) is 1. The number of ketones is 1. The molecule has 0 saturated heterocycles. The van der Waals surface area contributed by atoms with Gasteiger partial charge in [0.15, 0.2) is 5.78 Å². The van der Waals surface area contributed by atoms with Crippen LogP contribution in [-0.2, 0) is 0 Å². The molecule has 0 radical (unpaired) electrons. The molecule has 2 rings (SSSR count). The van der Waals surface area contributed by atoms with Crippen LogP contribution in [0, 0.1) is 0 Å². The molecule has 1 amide bonds. The van der Waals surface area contributed by atoms with Gasteiger partial charge in [-0.05, 0) is 11.6 Å². The van der Waals surface area contributed by atoms with E-state index >= 15 is 0 Å². The molecule has 0 bridgehead atoms. The molecular formula is C16H18N2O3. The number of aliphatic hydroxyl groups is 1. The minimum atomic E-state index is -0.479. The number of carbonyl (C=O) groups excluding carboxylic acids is 2. The van der Waals surface area contributed by atoms with Crippen LogP contribution >= 0.6 is 0 Å². The monoisotopic (exact) mass is 286 g/mol. The molecule has 2 aromatic rings. The molecular weight excluding hydrogens is 268 g/mol. The second-order valence-corrected chi connectivity index (χ2v) is 4.70. The van der Waals surface area contributed by atoms with E-state index in [4.69, 9.17) is 0 Å². The number of carbonyl (C=O) groups is 2. The van der Waals surface area contributed by atoms with Gasteiger partial charge < -0.3 is 15.4 Å². The number of aliphatic hydroxyl groups excluding tert-OH is 1. The molecule has 0 saturated carbocycles. The van der Waals surface area contributed by atoms with Crippen molar-refractivity contribution in [2.24, 2.45) is 0 Å². The zero-order valence-electron chi connectivity index (χ0n) is 11.8. The first-order valence-electron chi connectivity index (χ1n) is 6.84. The molecule has 1 heterocycles. The maximum atomic E-state index is 12.1. The van der Waals surface area contributed by atoms with E-state index in [9.17, 15) is 14.7 Å². The molecule has 5 heteroatoms.